The minimum atomic E-state index is -3.43. The Bertz CT molecular complexity index is 622. The van der Waals surface area contributed by atoms with Gasteiger partial charge in [-0.1, -0.05) is 30.3 Å². The SMILES string of the molecule is C[C@@H]([C@H](CC(=O)N1CCCC1)c1ccccc1)S(=O)(=O)N(C)C. The van der Waals surface area contributed by atoms with Gasteiger partial charge in [0.2, 0.25) is 15.9 Å². The molecule has 1 saturated heterocycles. The highest BCUT2D eigenvalue weighted by atomic mass is 32.2. The minimum absolute atomic E-state index is 0.0529. The van der Waals surface area contributed by atoms with Crippen LogP contribution in [0.2, 0.25) is 0 Å². The van der Waals surface area contributed by atoms with Gasteiger partial charge in [-0.05, 0) is 25.3 Å². The summed E-state index contributed by atoms with van der Waals surface area (Å²) < 4.78 is 26.3. The summed E-state index contributed by atoms with van der Waals surface area (Å²) in [6.07, 6.45) is 2.30. The molecule has 1 aromatic carbocycles. The fraction of sp³-hybridized carbons (Fsp3) is 0.588. The first kappa shape index (κ1) is 17.9. The molecule has 1 amide bonds. The number of sulfonamides is 1. The van der Waals surface area contributed by atoms with Crippen molar-refractivity contribution in [1.82, 2.24) is 9.21 Å². The monoisotopic (exact) mass is 338 g/mol. The third-order valence-corrected chi connectivity index (χ3v) is 6.91. The molecule has 2 rings (SSSR count). The van der Waals surface area contributed by atoms with Crippen LogP contribution in [-0.2, 0) is 14.8 Å². The number of benzene rings is 1. The Morgan fingerprint density at radius 2 is 1.74 bits per heavy atom. The Labute approximate surface area is 139 Å². The van der Waals surface area contributed by atoms with E-state index < -0.39 is 15.3 Å². The van der Waals surface area contributed by atoms with Crippen LogP contribution in [-0.4, -0.2) is 56.0 Å². The zero-order chi connectivity index (χ0) is 17.0. The maximum atomic E-state index is 12.5. The van der Waals surface area contributed by atoms with Gasteiger partial charge >= 0.3 is 0 Å². The lowest BCUT2D eigenvalue weighted by atomic mass is 9.92. The first-order valence-corrected chi connectivity index (χ1v) is 9.58. The van der Waals surface area contributed by atoms with E-state index in [1.165, 1.54) is 18.4 Å². The molecule has 0 unspecified atom stereocenters. The number of carbonyl (C=O) groups is 1. The Hall–Kier alpha value is -1.40. The third kappa shape index (κ3) is 4.12. The zero-order valence-electron chi connectivity index (χ0n) is 14.1. The molecule has 0 bridgehead atoms. The number of hydrogen-bond acceptors (Lipinski definition) is 3. The smallest absolute Gasteiger partial charge is 0.223 e. The van der Waals surface area contributed by atoms with Crippen LogP contribution in [0.1, 0.15) is 37.7 Å². The third-order valence-electron chi connectivity index (χ3n) is 4.63. The predicted octanol–water partition coefficient (Wildman–Crippen LogP) is 2.06. The number of amides is 1. The van der Waals surface area contributed by atoms with Crippen LogP contribution in [0, 0.1) is 0 Å². The quantitative estimate of drug-likeness (QED) is 0.798. The molecule has 0 spiro atoms. The highest BCUT2D eigenvalue weighted by molar-refractivity contribution is 7.89. The van der Waals surface area contributed by atoms with E-state index in [9.17, 15) is 13.2 Å². The molecule has 1 heterocycles. The number of nitrogens with zero attached hydrogens (tertiary/aromatic N) is 2. The van der Waals surface area contributed by atoms with E-state index >= 15 is 0 Å². The minimum Gasteiger partial charge on any atom is -0.343 e. The summed E-state index contributed by atoms with van der Waals surface area (Å²) in [5, 5.41) is -0.647. The first-order valence-electron chi connectivity index (χ1n) is 8.08. The van der Waals surface area contributed by atoms with Gasteiger partial charge in [0.1, 0.15) is 0 Å². The molecule has 5 nitrogen and oxygen atoms in total. The van der Waals surface area contributed by atoms with Crippen LogP contribution in [0.3, 0.4) is 0 Å². The van der Waals surface area contributed by atoms with E-state index in [0.29, 0.717) is 0 Å². The summed E-state index contributed by atoms with van der Waals surface area (Å²) in [7, 11) is -0.355. The summed E-state index contributed by atoms with van der Waals surface area (Å²) in [6, 6.07) is 9.48. The van der Waals surface area contributed by atoms with Gasteiger partial charge in [0.25, 0.3) is 0 Å². The van der Waals surface area contributed by atoms with E-state index in [1.54, 1.807) is 6.92 Å². The zero-order valence-corrected chi connectivity index (χ0v) is 14.9. The van der Waals surface area contributed by atoms with Crippen LogP contribution in [0.4, 0.5) is 0 Å². The second-order valence-electron chi connectivity index (χ2n) is 6.34. The van der Waals surface area contributed by atoms with Gasteiger partial charge < -0.3 is 4.90 Å². The van der Waals surface area contributed by atoms with Gasteiger partial charge in [0, 0.05) is 39.5 Å². The van der Waals surface area contributed by atoms with Gasteiger partial charge in [-0.25, -0.2) is 12.7 Å². The standard InChI is InChI=1S/C17H26N2O3S/c1-14(23(21,22)18(2)3)16(15-9-5-4-6-10-15)13-17(20)19-11-7-8-12-19/h4-6,9-10,14,16H,7-8,11-13H2,1-3H3/t14-,16-/m0/s1. The van der Waals surface area contributed by atoms with Crippen LogP contribution < -0.4 is 0 Å². The predicted molar refractivity (Wildman–Crippen MR) is 91.7 cm³/mol. The van der Waals surface area contributed by atoms with Crippen molar-refractivity contribution in [3.63, 3.8) is 0 Å². The van der Waals surface area contributed by atoms with Gasteiger partial charge in [0.05, 0.1) is 5.25 Å². The van der Waals surface area contributed by atoms with Gasteiger partial charge in [-0.2, -0.15) is 0 Å². The lowest BCUT2D eigenvalue weighted by molar-refractivity contribution is -0.130. The fourth-order valence-electron chi connectivity index (χ4n) is 3.08. The molecular weight excluding hydrogens is 312 g/mol. The van der Waals surface area contributed by atoms with Crippen LogP contribution in [0.25, 0.3) is 0 Å². The molecule has 1 aliphatic heterocycles. The second-order valence-corrected chi connectivity index (χ2v) is 8.85. The fourth-order valence-corrected chi connectivity index (χ4v) is 4.41. The molecule has 2 atom stereocenters. The summed E-state index contributed by atoms with van der Waals surface area (Å²) in [6.45, 7) is 3.27. The Balaban J connectivity index is 2.27. The lowest BCUT2D eigenvalue weighted by Crippen LogP contribution is -2.38. The normalized spacial score (nSPS) is 18.2. The van der Waals surface area contributed by atoms with Gasteiger partial charge in [-0.15, -0.1) is 0 Å². The van der Waals surface area contributed by atoms with Crippen molar-refractivity contribution >= 4 is 15.9 Å². The van der Waals surface area contributed by atoms with Crippen molar-refractivity contribution in [1.29, 1.82) is 0 Å². The molecule has 1 aliphatic rings. The highest BCUT2D eigenvalue weighted by Crippen LogP contribution is 2.30. The van der Waals surface area contributed by atoms with E-state index in [4.69, 9.17) is 0 Å². The summed E-state index contributed by atoms with van der Waals surface area (Å²) >= 11 is 0. The number of rotatable bonds is 6. The van der Waals surface area contributed by atoms with Crippen molar-refractivity contribution in [2.45, 2.75) is 37.4 Å². The maximum Gasteiger partial charge on any atom is 0.223 e. The van der Waals surface area contributed by atoms with Crippen molar-refractivity contribution in [2.24, 2.45) is 0 Å². The number of likely N-dealkylation sites (tertiary alicyclic amines) is 1. The molecule has 1 fully saturated rings. The molecule has 0 aliphatic carbocycles. The van der Waals surface area contributed by atoms with E-state index in [1.807, 2.05) is 35.2 Å². The first-order chi connectivity index (χ1) is 10.8. The summed E-state index contributed by atoms with van der Waals surface area (Å²) in [5.74, 6) is -0.283. The van der Waals surface area contributed by atoms with Crippen molar-refractivity contribution in [3.8, 4) is 0 Å². The molecule has 1 aromatic rings. The molecule has 0 radical (unpaired) electrons. The lowest BCUT2D eigenvalue weighted by Gasteiger charge is -2.28. The van der Waals surface area contributed by atoms with Crippen LogP contribution in [0.5, 0.6) is 0 Å². The second kappa shape index (κ2) is 7.45. The topological polar surface area (TPSA) is 57.7 Å². The molecular formula is C17H26N2O3S. The van der Waals surface area contributed by atoms with Crippen LogP contribution in [0.15, 0.2) is 30.3 Å². The van der Waals surface area contributed by atoms with Gasteiger partial charge in [0.15, 0.2) is 0 Å². The summed E-state index contributed by atoms with van der Waals surface area (Å²) in [5.41, 5.74) is 0.901. The molecule has 128 valence electrons. The Kier molecular flexibility index (Phi) is 5.81. The molecule has 23 heavy (non-hydrogen) atoms. The van der Waals surface area contributed by atoms with Crippen molar-refractivity contribution in [3.05, 3.63) is 35.9 Å². The number of carbonyl (C=O) groups excluding carboxylic acids is 1. The van der Waals surface area contributed by atoms with E-state index in [-0.39, 0.29) is 18.2 Å². The molecule has 0 saturated carbocycles. The van der Waals surface area contributed by atoms with Crippen molar-refractivity contribution < 1.29 is 13.2 Å². The molecule has 0 aromatic heterocycles. The van der Waals surface area contributed by atoms with Crippen molar-refractivity contribution in [2.75, 3.05) is 27.2 Å². The van der Waals surface area contributed by atoms with Gasteiger partial charge in [-0.3, -0.25) is 4.79 Å². The largest absolute Gasteiger partial charge is 0.343 e. The van der Waals surface area contributed by atoms with E-state index in [0.717, 1.165) is 31.5 Å². The Morgan fingerprint density at radius 3 is 2.26 bits per heavy atom. The Morgan fingerprint density at radius 1 is 1.17 bits per heavy atom. The summed E-state index contributed by atoms with van der Waals surface area (Å²) in [4.78, 5) is 14.4. The van der Waals surface area contributed by atoms with E-state index in [2.05, 4.69) is 0 Å². The number of hydrogen-bond donors (Lipinski definition) is 0. The molecule has 6 heteroatoms. The highest BCUT2D eigenvalue weighted by Gasteiger charge is 2.34. The van der Waals surface area contributed by atoms with Crippen LogP contribution >= 0.6 is 0 Å². The average Bonchev–Trinajstić information content (AvgIpc) is 3.07. The maximum absolute atomic E-state index is 12.5. The molecule has 0 N–H and O–H groups in total. The average molecular weight is 338 g/mol.